The van der Waals surface area contributed by atoms with Crippen molar-refractivity contribution in [2.45, 2.75) is 50.9 Å². The van der Waals surface area contributed by atoms with Gasteiger partial charge in [0, 0.05) is 0 Å². The zero-order valence-corrected chi connectivity index (χ0v) is 16.5. The Morgan fingerprint density at radius 3 is 1.70 bits per heavy atom. The third kappa shape index (κ3) is 9.29. The molecular formula is C16H27N5O9. The number of carboxylic acids is 2. The van der Waals surface area contributed by atoms with Gasteiger partial charge >= 0.3 is 11.9 Å². The van der Waals surface area contributed by atoms with E-state index in [-0.39, 0.29) is 0 Å². The van der Waals surface area contributed by atoms with Crippen LogP contribution >= 0.6 is 0 Å². The van der Waals surface area contributed by atoms with Crippen molar-refractivity contribution < 1.29 is 44.1 Å². The molecule has 0 radical (unpaired) electrons. The Bertz CT molecular complexity index is 682. The fraction of sp³-hybridized carbons (Fsp3) is 0.625. The second-order valence-electron chi connectivity index (χ2n) is 6.75. The highest BCUT2D eigenvalue weighted by Gasteiger charge is 2.32. The molecule has 0 aromatic heterocycles. The van der Waals surface area contributed by atoms with Gasteiger partial charge in [0.25, 0.3) is 0 Å². The highest BCUT2D eigenvalue weighted by molar-refractivity contribution is 5.97. The number of primary amides is 1. The van der Waals surface area contributed by atoms with Crippen molar-refractivity contribution in [1.82, 2.24) is 16.0 Å². The number of carboxylic acid groups (broad SMARTS) is 2. The summed E-state index contributed by atoms with van der Waals surface area (Å²) in [7, 11) is 0. The number of nitrogens with one attached hydrogen (secondary N) is 3. The molecule has 170 valence electrons. The molecule has 30 heavy (non-hydrogen) atoms. The van der Waals surface area contributed by atoms with E-state index in [1.54, 1.807) is 0 Å². The monoisotopic (exact) mass is 433 g/mol. The molecule has 4 amide bonds. The van der Waals surface area contributed by atoms with E-state index in [0.29, 0.717) is 0 Å². The molecule has 0 aliphatic heterocycles. The molecular weight excluding hydrogens is 406 g/mol. The number of hydrogen-bond acceptors (Lipinski definition) is 8. The van der Waals surface area contributed by atoms with Gasteiger partial charge in [0.05, 0.1) is 19.4 Å². The van der Waals surface area contributed by atoms with E-state index < -0.39 is 85.1 Å². The average molecular weight is 433 g/mol. The molecule has 0 aromatic rings. The van der Waals surface area contributed by atoms with Crippen molar-refractivity contribution >= 4 is 35.6 Å². The Kier molecular flexibility index (Phi) is 11.0. The molecule has 10 N–H and O–H groups in total. The third-order valence-electron chi connectivity index (χ3n) is 3.81. The van der Waals surface area contributed by atoms with Crippen LogP contribution in [0.15, 0.2) is 0 Å². The lowest BCUT2D eigenvalue weighted by Crippen LogP contribution is -2.58. The van der Waals surface area contributed by atoms with Crippen LogP contribution in [0, 0.1) is 5.92 Å². The minimum Gasteiger partial charge on any atom is -0.481 e. The topological polar surface area (TPSA) is 251 Å². The Labute approximate surface area is 171 Å². The van der Waals surface area contributed by atoms with Gasteiger partial charge in [-0.05, 0) is 5.92 Å². The molecule has 4 unspecified atom stereocenters. The van der Waals surface area contributed by atoms with Crippen LogP contribution in [0.5, 0.6) is 0 Å². The van der Waals surface area contributed by atoms with Gasteiger partial charge in [0.15, 0.2) is 0 Å². The van der Waals surface area contributed by atoms with E-state index in [2.05, 4.69) is 10.6 Å². The summed E-state index contributed by atoms with van der Waals surface area (Å²) >= 11 is 0. The normalized spacial score (nSPS) is 14.7. The van der Waals surface area contributed by atoms with Crippen LogP contribution in [0.1, 0.15) is 26.7 Å². The molecule has 4 atom stereocenters. The Morgan fingerprint density at radius 1 is 0.833 bits per heavy atom. The number of rotatable bonds is 13. The first-order valence-electron chi connectivity index (χ1n) is 8.80. The summed E-state index contributed by atoms with van der Waals surface area (Å²) in [6, 6.07) is -6.09. The van der Waals surface area contributed by atoms with E-state index >= 15 is 0 Å². The Balaban J connectivity index is 5.51. The molecule has 0 fully saturated rings. The third-order valence-corrected chi connectivity index (χ3v) is 3.81. The van der Waals surface area contributed by atoms with Crippen molar-refractivity contribution in [3.05, 3.63) is 0 Å². The van der Waals surface area contributed by atoms with Crippen molar-refractivity contribution in [2.75, 3.05) is 6.61 Å². The molecule has 0 heterocycles. The molecule has 0 saturated heterocycles. The first kappa shape index (κ1) is 26.7. The lowest BCUT2D eigenvalue weighted by Gasteiger charge is -2.25. The fourth-order valence-electron chi connectivity index (χ4n) is 2.20. The second-order valence-corrected chi connectivity index (χ2v) is 6.75. The van der Waals surface area contributed by atoms with Crippen molar-refractivity contribution in [3.63, 3.8) is 0 Å². The molecule has 0 rings (SSSR count). The SMILES string of the molecule is CC(C)C(NC(=O)C(CC(N)=O)NC(=O)C(CC(=O)O)NC(=O)C(N)CO)C(=O)O. The lowest BCUT2D eigenvalue weighted by molar-refractivity contribution is -0.144. The van der Waals surface area contributed by atoms with Crippen molar-refractivity contribution in [1.29, 1.82) is 0 Å². The number of carbonyl (C=O) groups is 6. The minimum atomic E-state index is -1.70. The number of aliphatic carboxylic acids is 2. The molecule has 0 saturated carbocycles. The molecule has 0 aliphatic carbocycles. The van der Waals surface area contributed by atoms with Gasteiger partial charge in [0.2, 0.25) is 23.6 Å². The number of carbonyl (C=O) groups excluding carboxylic acids is 4. The first-order valence-corrected chi connectivity index (χ1v) is 8.80. The number of nitrogens with two attached hydrogens (primary N) is 2. The highest BCUT2D eigenvalue weighted by atomic mass is 16.4. The van der Waals surface area contributed by atoms with Gasteiger partial charge in [0.1, 0.15) is 24.2 Å². The van der Waals surface area contributed by atoms with Crippen LogP contribution in [0.25, 0.3) is 0 Å². The molecule has 0 aromatic carbocycles. The lowest BCUT2D eigenvalue weighted by atomic mass is 10.0. The zero-order chi connectivity index (χ0) is 23.6. The zero-order valence-electron chi connectivity index (χ0n) is 16.5. The molecule has 14 heteroatoms. The van der Waals surface area contributed by atoms with Gasteiger partial charge in [-0.2, -0.15) is 0 Å². The number of amides is 4. The van der Waals surface area contributed by atoms with E-state index in [9.17, 15) is 28.8 Å². The first-order chi connectivity index (χ1) is 13.8. The van der Waals surface area contributed by atoms with Crippen LogP contribution in [-0.2, 0) is 28.8 Å². The van der Waals surface area contributed by atoms with Crippen LogP contribution < -0.4 is 27.4 Å². The quantitative estimate of drug-likeness (QED) is 0.139. The van der Waals surface area contributed by atoms with Gasteiger partial charge in [-0.25, -0.2) is 4.79 Å². The van der Waals surface area contributed by atoms with Crippen LogP contribution in [0.3, 0.4) is 0 Å². The average Bonchev–Trinajstić information content (AvgIpc) is 2.62. The molecule has 14 nitrogen and oxygen atoms in total. The van der Waals surface area contributed by atoms with E-state index in [0.717, 1.165) is 0 Å². The maximum atomic E-state index is 12.4. The van der Waals surface area contributed by atoms with E-state index in [4.69, 9.17) is 26.8 Å². The second kappa shape index (κ2) is 12.3. The van der Waals surface area contributed by atoms with Crippen molar-refractivity contribution in [3.8, 4) is 0 Å². The maximum Gasteiger partial charge on any atom is 0.326 e. The van der Waals surface area contributed by atoms with E-state index in [1.807, 2.05) is 5.32 Å². The summed E-state index contributed by atoms with van der Waals surface area (Å²) in [6.07, 6.45) is -1.61. The van der Waals surface area contributed by atoms with Gasteiger partial charge in [-0.3, -0.25) is 24.0 Å². The fourth-order valence-corrected chi connectivity index (χ4v) is 2.20. The minimum absolute atomic E-state index is 0.532. The van der Waals surface area contributed by atoms with E-state index in [1.165, 1.54) is 13.8 Å². The summed E-state index contributed by atoms with van der Waals surface area (Å²) in [5.41, 5.74) is 10.4. The van der Waals surface area contributed by atoms with Crippen LogP contribution in [0.4, 0.5) is 0 Å². The van der Waals surface area contributed by atoms with Crippen LogP contribution in [-0.4, -0.2) is 81.7 Å². The summed E-state index contributed by atoms with van der Waals surface area (Å²) < 4.78 is 0. The Hall–Kier alpha value is -3.26. The van der Waals surface area contributed by atoms with Crippen molar-refractivity contribution in [2.24, 2.45) is 17.4 Å². The van der Waals surface area contributed by atoms with Gasteiger partial charge < -0.3 is 42.7 Å². The summed E-state index contributed by atoms with van der Waals surface area (Å²) in [5, 5.41) is 33.2. The summed E-state index contributed by atoms with van der Waals surface area (Å²) in [5.74, 6) is -7.60. The Morgan fingerprint density at radius 2 is 1.30 bits per heavy atom. The standard InChI is InChI=1S/C16H27N5O9/c1-6(2)12(16(29)30)21-15(28)8(3-10(18)23)20-14(27)9(4-11(24)25)19-13(26)7(17)5-22/h6-9,12,22H,3-5,17H2,1-2H3,(H2,18,23)(H,19,26)(H,20,27)(H,21,28)(H,24,25)(H,29,30). The summed E-state index contributed by atoms with van der Waals surface area (Å²) in [4.78, 5) is 70.1. The predicted molar refractivity (Wildman–Crippen MR) is 99.4 cm³/mol. The predicted octanol–water partition coefficient (Wildman–Crippen LogP) is -4.15. The largest absolute Gasteiger partial charge is 0.481 e. The van der Waals surface area contributed by atoms with Crippen LogP contribution in [0.2, 0.25) is 0 Å². The maximum absolute atomic E-state index is 12.4. The molecule has 0 spiro atoms. The highest BCUT2D eigenvalue weighted by Crippen LogP contribution is 2.04. The number of aliphatic hydroxyl groups excluding tert-OH is 1. The van der Waals surface area contributed by atoms with Gasteiger partial charge in [-0.1, -0.05) is 13.8 Å². The molecule has 0 aliphatic rings. The molecule has 0 bridgehead atoms. The smallest absolute Gasteiger partial charge is 0.326 e. The summed E-state index contributed by atoms with van der Waals surface area (Å²) in [6.45, 7) is 2.26. The van der Waals surface area contributed by atoms with Gasteiger partial charge in [-0.15, -0.1) is 0 Å². The number of hydrogen-bond donors (Lipinski definition) is 8. The number of aliphatic hydroxyl groups is 1.